The van der Waals surface area contributed by atoms with E-state index in [0.29, 0.717) is 5.13 Å². The van der Waals surface area contributed by atoms with Gasteiger partial charge in [-0.1, -0.05) is 0 Å². The molecule has 1 aromatic heterocycles. The summed E-state index contributed by atoms with van der Waals surface area (Å²) in [5, 5.41) is 5.79. The number of carbonyl (C=O) groups excluding carboxylic acids is 1. The lowest BCUT2D eigenvalue weighted by molar-refractivity contribution is -0.117. The predicted octanol–water partition coefficient (Wildman–Crippen LogP) is 0.177. The molecule has 2 atom stereocenters. The van der Waals surface area contributed by atoms with Crippen LogP contribution in [0.4, 0.5) is 9.52 Å². The topological polar surface area (TPSA) is 66.9 Å². The van der Waals surface area contributed by atoms with Gasteiger partial charge in [-0.25, -0.2) is 9.37 Å². The van der Waals surface area contributed by atoms with Crippen molar-refractivity contribution in [2.45, 2.75) is 18.6 Å². The van der Waals surface area contributed by atoms with Crippen molar-refractivity contribution in [1.82, 2.24) is 14.7 Å². The van der Waals surface area contributed by atoms with Crippen LogP contribution in [-0.4, -0.2) is 34.0 Å². The van der Waals surface area contributed by atoms with Gasteiger partial charge in [-0.2, -0.15) is 4.37 Å². The quantitative estimate of drug-likeness (QED) is 0.740. The van der Waals surface area contributed by atoms with Crippen LogP contribution in [-0.2, 0) is 4.79 Å². The summed E-state index contributed by atoms with van der Waals surface area (Å²) in [5.41, 5.74) is 0. The summed E-state index contributed by atoms with van der Waals surface area (Å²) in [4.78, 5) is 15.3. The van der Waals surface area contributed by atoms with E-state index in [1.165, 1.54) is 6.33 Å². The number of anilines is 1. The number of rotatable bonds is 2. The Balaban J connectivity index is 1.90. The Labute approximate surface area is 83.9 Å². The van der Waals surface area contributed by atoms with E-state index in [1.807, 2.05) is 0 Å². The van der Waals surface area contributed by atoms with Gasteiger partial charge in [-0.05, 0) is 0 Å². The average molecular weight is 216 g/mol. The fraction of sp³-hybridized carbons (Fsp3) is 0.571. The Hall–Kier alpha value is -1.08. The molecule has 0 spiro atoms. The SMILES string of the molecule is O=C(Nc1ncns1)[C@@H]1C[C@@H](F)CN1. The number of carbonyl (C=O) groups is 1. The second-order valence-corrected chi connectivity index (χ2v) is 3.81. The molecule has 1 aliphatic heterocycles. The van der Waals surface area contributed by atoms with Gasteiger partial charge in [-0.15, -0.1) is 0 Å². The summed E-state index contributed by atoms with van der Waals surface area (Å²) < 4.78 is 16.5. The number of nitrogens with one attached hydrogen (secondary N) is 2. The average Bonchev–Trinajstić information content (AvgIpc) is 2.75. The van der Waals surface area contributed by atoms with Crippen LogP contribution >= 0.6 is 11.5 Å². The Morgan fingerprint density at radius 1 is 1.79 bits per heavy atom. The molecule has 1 aliphatic rings. The summed E-state index contributed by atoms with van der Waals surface area (Å²) in [6, 6.07) is -0.450. The van der Waals surface area contributed by atoms with Crippen LogP contribution in [0.15, 0.2) is 6.33 Å². The van der Waals surface area contributed by atoms with Gasteiger partial charge >= 0.3 is 0 Å². The third-order valence-corrected chi connectivity index (χ3v) is 2.57. The Morgan fingerprint density at radius 2 is 2.64 bits per heavy atom. The van der Waals surface area contributed by atoms with Gasteiger partial charge in [0, 0.05) is 24.5 Å². The number of hydrogen-bond acceptors (Lipinski definition) is 5. The maximum absolute atomic E-state index is 12.7. The first-order valence-corrected chi connectivity index (χ1v) is 4.98. The van der Waals surface area contributed by atoms with Gasteiger partial charge in [0.2, 0.25) is 11.0 Å². The molecule has 1 aromatic rings. The molecule has 0 aliphatic carbocycles. The largest absolute Gasteiger partial charge is 0.303 e. The third kappa shape index (κ3) is 2.05. The van der Waals surface area contributed by atoms with E-state index in [1.54, 1.807) is 0 Å². The molecule has 7 heteroatoms. The first kappa shape index (κ1) is 9.47. The standard InChI is InChI=1S/C7H9FN4OS/c8-4-1-5(9-2-4)6(13)12-7-10-3-11-14-7/h3-5,9H,1-2H2,(H,10,11,12,13)/t4-,5+/m1/s1. The predicted molar refractivity (Wildman–Crippen MR) is 49.8 cm³/mol. The first-order valence-electron chi connectivity index (χ1n) is 4.20. The maximum Gasteiger partial charge on any atom is 0.243 e. The number of halogens is 1. The smallest absolute Gasteiger partial charge is 0.243 e. The summed E-state index contributed by atoms with van der Waals surface area (Å²) in [6.45, 7) is 0.244. The molecular weight excluding hydrogens is 207 g/mol. The van der Waals surface area contributed by atoms with Gasteiger partial charge in [0.15, 0.2) is 0 Å². The van der Waals surface area contributed by atoms with Crippen LogP contribution < -0.4 is 10.6 Å². The molecule has 2 heterocycles. The van der Waals surface area contributed by atoms with Gasteiger partial charge < -0.3 is 5.32 Å². The molecule has 2 N–H and O–H groups in total. The van der Waals surface area contributed by atoms with Crippen LogP contribution in [0, 0.1) is 0 Å². The molecule has 2 rings (SSSR count). The van der Waals surface area contributed by atoms with Crippen molar-refractivity contribution in [1.29, 1.82) is 0 Å². The number of alkyl halides is 1. The molecule has 5 nitrogen and oxygen atoms in total. The lowest BCUT2D eigenvalue weighted by Gasteiger charge is -2.07. The van der Waals surface area contributed by atoms with Crippen LogP contribution in [0.2, 0.25) is 0 Å². The minimum absolute atomic E-state index is 0.227. The molecule has 1 saturated heterocycles. The monoisotopic (exact) mass is 216 g/mol. The minimum atomic E-state index is -0.930. The molecule has 1 fully saturated rings. The second kappa shape index (κ2) is 3.97. The summed E-state index contributed by atoms with van der Waals surface area (Å²) in [6.07, 6.45) is 0.658. The van der Waals surface area contributed by atoms with Crippen molar-refractivity contribution < 1.29 is 9.18 Å². The van der Waals surface area contributed by atoms with Crippen molar-refractivity contribution in [3.05, 3.63) is 6.33 Å². The second-order valence-electron chi connectivity index (χ2n) is 3.03. The highest BCUT2D eigenvalue weighted by Crippen LogP contribution is 2.13. The normalized spacial score (nSPS) is 26.4. The van der Waals surface area contributed by atoms with E-state index in [-0.39, 0.29) is 18.9 Å². The van der Waals surface area contributed by atoms with Crippen LogP contribution in [0.3, 0.4) is 0 Å². The lowest BCUT2D eigenvalue weighted by atomic mass is 10.2. The molecule has 0 radical (unpaired) electrons. The van der Waals surface area contributed by atoms with Gasteiger partial charge in [0.05, 0.1) is 6.04 Å². The van der Waals surface area contributed by atoms with Crippen molar-refractivity contribution in [3.8, 4) is 0 Å². The van der Waals surface area contributed by atoms with E-state index in [2.05, 4.69) is 20.0 Å². The van der Waals surface area contributed by atoms with E-state index >= 15 is 0 Å². The van der Waals surface area contributed by atoms with Gasteiger partial charge in [-0.3, -0.25) is 10.1 Å². The van der Waals surface area contributed by atoms with Crippen LogP contribution in [0.25, 0.3) is 0 Å². The summed E-state index contributed by atoms with van der Waals surface area (Å²) in [7, 11) is 0. The lowest BCUT2D eigenvalue weighted by Crippen LogP contribution is -2.35. The van der Waals surface area contributed by atoms with Gasteiger partial charge in [0.1, 0.15) is 12.5 Å². The fourth-order valence-electron chi connectivity index (χ4n) is 1.31. The zero-order valence-corrected chi connectivity index (χ0v) is 8.05. The van der Waals surface area contributed by atoms with Crippen molar-refractivity contribution >= 4 is 22.6 Å². The highest BCUT2D eigenvalue weighted by Gasteiger charge is 2.29. The highest BCUT2D eigenvalue weighted by molar-refractivity contribution is 7.09. The Morgan fingerprint density at radius 3 is 3.21 bits per heavy atom. The number of amides is 1. The molecule has 1 amide bonds. The van der Waals surface area contributed by atoms with E-state index < -0.39 is 12.2 Å². The van der Waals surface area contributed by atoms with Crippen LogP contribution in [0.1, 0.15) is 6.42 Å². The highest BCUT2D eigenvalue weighted by atomic mass is 32.1. The van der Waals surface area contributed by atoms with E-state index in [9.17, 15) is 9.18 Å². The number of aromatic nitrogens is 2. The molecule has 0 saturated carbocycles. The third-order valence-electron chi connectivity index (χ3n) is 1.99. The molecule has 14 heavy (non-hydrogen) atoms. The fourth-order valence-corrected chi connectivity index (χ4v) is 1.75. The number of nitrogens with zero attached hydrogens (tertiary/aromatic N) is 2. The van der Waals surface area contributed by atoms with Crippen molar-refractivity contribution in [2.24, 2.45) is 0 Å². The van der Waals surface area contributed by atoms with Crippen molar-refractivity contribution in [3.63, 3.8) is 0 Å². The van der Waals surface area contributed by atoms with E-state index in [4.69, 9.17) is 0 Å². The minimum Gasteiger partial charge on any atom is -0.303 e. The summed E-state index contributed by atoms with van der Waals surface area (Å²) >= 11 is 1.10. The molecule has 0 aromatic carbocycles. The van der Waals surface area contributed by atoms with Gasteiger partial charge in [0.25, 0.3) is 0 Å². The molecular formula is C7H9FN4OS. The zero-order chi connectivity index (χ0) is 9.97. The van der Waals surface area contributed by atoms with Crippen LogP contribution in [0.5, 0.6) is 0 Å². The Kier molecular flexibility index (Phi) is 2.69. The summed E-state index contributed by atoms with van der Waals surface area (Å²) in [5.74, 6) is -0.248. The molecule has 0 bridgehead atoms. The van der Waals surface area contributed by atoms with Crippen molar-refractivity contribution in [2.75, 3.05) is 11.9 Å². The van der Waals surface area contributed by atoms with E-state index in [0.717, 1.165) is 11.5 Å². The molecule has 0 unspecified atom stereocenters. The Bertz CT molecular complexity index is 317. The first-order chi connectivity index (χ1) is 6.75. The zero-order valence-electron chi connectivity index (χ0n) is 7.24. The molecule has 76 valence electrons. The maximum atomic E-state index is 12.7. The number of hydrogen-bond donors (Lipinski definition) is 2.